The van der Waals surface area contributed by atoms with Crippen molar-refractivity contribution in [3.05, 3.63) is 42.1 Å². The molecule has 0 saturated carbocycles. The fourth-order valence-corrected chi connectivity index (χ4v) is 3.27. The van der Waals surface area contributed by atoms with Crippen LogP contribution in [0.3, 0.4) is 0 Å². The highest BCUT2D eigenvalue weighted by molar-refractivity contribution is 5.81. The van der Waals surface area contributed by atoms with Crippen LogP contribution < -0.4 is 5.32 Å². The van der Waals surface area contributed by atoms with E-state index in [4.69, 9.17) is 0 Å². The summed E-state index contributed by atoms with van der Waals surface area (Å²) in [5.41, 5.74) is 2.50. The third-order valence-electron chi connectivity index (χ3n) is 4.51. The van der Waals surface area contributed by atoms with Gasteiger partial charge in [-0.2, -0.15) is 0 Å². The van der Waals surface area contributed by atoms with Gasteiger partial charge in [0.2, 0.25) is 0 Å². The number of rotatable bonds is 4. The van der Waals surface area contributed by atoms with Crippen LogP contribution in [0.2, 0.25) is 0 Å². The standard InChI is InChI=1S/C18H25N3/c1-3-6-17-13-21(14(2)11-20-17)12-16-8-4-7-15-9-5-10-19-18(15)16/h4-5,7-10,14,17,20H,3,6,11-13H2,1-2H3. The quantitative estimate of drug-likeness (QED) is 0.934. The molecule has 0 amide bonds. The molecule has 1 aliphatic heterocycles. The minimum absolute atomic E-state index is 0.581. The summed E-state index contributed by atoms with van der Waals surface area (Å²) >= 11 is 0. The molecule has 3 heteroatoms. The molecule has 21 heavy (non-hydrogen) atoms. The maximum Gasteiger partial charge on any atom is 0.0746 e. The van der Waals surface area contributed by atoms with Gasteiger partial charge in [0.25, 0.3) is 0 Å². The Morgan fingerprint density at radius 1 is 1.29 bits per heavy atom. The first kappa shape index (κ1) is 14.5. The summed E-state index contributed by atoms with van der Waals surface area (Å²) < 4.78 is 0. The van der Waals surface area contributed by atoms with Crippen molar-refractivity contribution >= 4 is 10.9 Å². The molecule has 3 nitrogen and oxygen atoms in total. The van der Waals surface area contributed by atoms with Crippen molar-refractivity contribution in [3.8, 4) is 0 Å². The van der Waals surface area contributed by atoms with E-state index < -0.39 is 0 Å². The van der Waals surface area contributed by atoms with Crippen LogP contribution in [0, 0.1) is 0 Å². The highest BCUT2D eigenvalue weighted by Crippen LogP contribution is 2.20. The van der Waals surface area contributed by atoms with Crippen LogP contribution in [0.1, 0.15) is 32.3 Å². The lowest BCUT2D eigenvalue weighted by Crippen LogP contribution is -2.54. The SMILES string of the molecule is CCCC1CN(Cc2cccc3cccnc23)C(C)CN1. The van der Waals surface area contributed by atoms with Crippen LogP contribution in [0.15, 0.2) is 36.5 Å². The van der Waals surface area contributed by atoms with Crippen LogP contribution in [-0.4, -0.2) is 35.1 Å². The number of para-hydroxylation sites is 1. The van der Waals surface area contributed by atoms with Crippen molar-refractivity contribution in [2.24, 2.45) is 0 Å². The molecule has 0 bridgehead atoms. The number of pyridine rings is 1. The topological polar surface area (TPSA) is 28.2 Å². The van der Waals surface area contributed by atoms with Gasteiger partial charge in [0.15, 0.2) is 0 Å². The van der Waals surface area contributed by atoms with E-state index >= 15 is 0 Å². The van der Waals surface area contributed by atoms with Gasteiger partial charge < -0.3 is 5.32 Å². The molecular formula is C18H25N3. The smallest absolute Gasteiger partial charge is 0.0746 e. The fraction of sp³-hybridized carbons (Fsp3) is 0.500. The Kier molecular flexibility index (Phi) is 4.51. The first-order valence-electron chi connectivity index (χ1n) is 8.08. The molecule has 3 rings (SSSR count). The largest absolute Gasteiger partial charge is 0.311 e. The van der Waals surface area contributed by atoms with Gasteiger partial charge in [0.1, 0.15) is 0 Å². The number of aromatic nitrogens is 1. The number of hydrogen-bond acceptors (Lipinski definition) is 3. The van der Waals surface area contributed by atoms with Crippen molar-refractivity contribution in [2.45, 2.75) is 45.3 Å². The Hall–Kier alpha value is -1.45. The molecule has 0 spiro atoms. The maximum atomic E-state index is 4.58. The van der Waals surface area contributed by atoms with Crippen LogP contribution >= 0.6 is 0 Å². The van der Waals surface area contributed by atoms with E-state index in [1.807, 2.05) is 12.3 Å². The summed E-state index contributed by atoms with van der Waals surface area (Å²) in [4.78, 5) is 7.18. The zero-order valence-corrected chi connectivity index (χ0v) is 13.0. The van der Waals surface area contributed by atoms with Crippen LogP contribution in [0.5, 0.6) is 0 Å². The Balaban J connectivity index is 1.80. The van der Waals surface area contributed by atoms with Gasteiger partial charge in [-0.05, 0) is 25.0 Å². The Morgan fingerprint density at radius 3 is 3.00 bits per heavy atom. The predicted molar refractivity (Wildman–Crippen MR) is 88.3 cm³/mol. The van der Waals surface area contributed by atoms with E-state index in [0.717, 1.165) is 25.2 Å². The Bertz CT molecular complexity index is 591. The average Bonchev–Trinajstić information content (AvgIpc) is 2.51. The molecule has 1 saturated heterocycles. The fourth-order valence-electron chi connectivity index (χ4n) is 3.27. The minimum Gasteiger partial charge on any atom is -0.311 e. The van der Waals surface area contributed by atoms with Crippen LogP contribution in [0.4, 0.5) is 0 Å². The summed E-state index contributed by atoms with van der Waals surface area (Å²) in [6, 6.07) is 11.9. The van der Waals surface area contributed by atoms with Crippen molar-refractivity contribution in [2.75, 3.05) is 13.1 Å². The Labute approximate surface area is 127 Å². The van der Waals surface area contributed by atoms with E-state index in [1.54, 1.807) is 0 Å². The first-order valence-corrected chi connectivity index (χ1v) is 8.08. The highest BCUT2D eigenvalue weighted by Gasteiger charge is 2.24. The second-order valence-electron chi connectivity index (χ2n) is 6.16. The lowest BCUT2D eigenvalue weighted by atomic mass is 10.0. The highest BCUT2D eigenvalue weighted by atomic mass is 15.2. The van der Waals surface area contributed by atoms with Crippen molar-refractivity contribution in [1.29, 1.82) is 0 Å². The Morgan fingerprint density at radius 2 is 2.14 bits per heavy atom. The zero-order valence-electron chi connectivity index (χ0n) is 13.0. The van der Waals surface area contributed by atoms with Gasteiger partial charge >= 0.3 is 0 Å². The maximum absolute atomic E-state index is 4.58. The normalized spacial score (nSPS) is 23.5. The molecule has 2 aromatic rings. The average molecular weight is 283 g/mol. The summed E-state index contributed by atoms with van der Waals surface area (Å²) in [6.45, 7) is 7.80. The number of hydrogen-bond donors (Lipinski definition) is 1. The summed E-state index contributed by atoms with van der Waals surface area (Å²) in [6.07, 6.45) is 4.40. The molecule has 2 unspecified atom stereocenters. The van der Waals surface area contributed by atoms with Crippen molar-refractivity contribution in [3.63, 3.8) is 0 Å². The van der Waals surface area contributed by atoms with E-state index in [0.29, 0.717) is 12.1 Å². The van der Waals surface area contributed by atoms with Gasteiger partial charge in [0.05, 0.1) is 5.52 Å². The predicted octanol–water partition coefficient (Wildman–Crippen LogP) is 3.20. The molecule has 112 valence electrons. The van der Waals surface area contributed by atoms with Crippen molar-refractivity contribution < 1.29 is 0 Å². The molecule has 2 atom stereocenters. The number of fused-ring (bicyclic) bond motifs is 1. The van der Waals surface area contributed by atoms with Gasteiger partial charge in [-0.1, -0.05) is 37.6 Å². The number of piperazine rings is 1. The molecule has 1 aliphatic rings. The van der Waals surface area contributed by atoms with Gasteiger partial charge in [0, 0.05) is 43.3 Å². The number of benzene rings is 1. The van der Waals surface area contributed by atoms with Gasteiger partial charge in [-0.15, -0.1) is 0 Å². The molecule has 1 aromatic carbocycles. The summed E-state index contributed by atoms with van der Waals surface area (Å²) in [5.74, 6) is 0. The second kappa shape index (κ2) is 6.54. The van der Waals surface area contributed by atoms with E-state index in [1.165, 1.54) is 23.8 Å². The van der Waals surface area contributed by atoms with E-state index in [9.17, 15) is 0 Å². The second-order valence-corrected chi connectivity index (χ2v) is 6.16. The summed E-state index contributed by atoms with van der Waals surface area (Å²) in [7, 11) is 0. The van der Waals surface area contributed by atoms with Gasteiger partial charge in [-0.3, -0.25) is 9.88 Å². The molecule has 2 heterocycles. The molecule has 0 aliphatic carbocycles. The molecule has 1 N–H and O–H groups in total. The summed E-state index contributed by atoms with van der Waals surface area (Å²) in [5, 5.41) is 4.90. The number of nitrogens with one attached hydrogen (secondary N) is 1. The van der Waals surface area contributed by atoms with Crippen LogP contribution in [-0.2, 0) is 6.54 Å². The lowest BCUT2D eigenvalue weighted by molar-refractivity contribution is 0.130. The molecular weight excluding hydrogens is 258 g/mol. The zero-order chi connectivity index (χ0) is 14.7. The number of nitrogens with zero attached hydrogens (tertiary/aromatic N) is 2. The minimum atomic E-state index is 0.581. The monoisotopic (exact) mass is 283 g/mol. The molecule has 0 radical (unpaired) electrons. The van der Waals surface area contributed by atoms with Gasteiger partial charge in [-0.25, -0.2) is 0 Å². The molecule has 1 aromatic heterocycles. The first-order chi connectivity index (χ1) is 10.3. The molecule has 1 fully saturated rings. The lowest BCUT2D eigenvalue weighted by Gasteiger charge is -2.39. The van der Waals surface area contributed by atoms with Crippen molar-refractivity contribution in [1.82, 2.24) is 15.2 Å². The third kappa shape index (κ3) is 3.25. The third-order valence-corrected chi connectivity index (χ3v) is 4.51. The van der Waals surface area contributed by atoms with E-state index in [2.05, 4.69) is 53.3 Å². The van der Waals surface area contributed by atoms with E-state index in [-0.39, 0.29) is 0 Å². The van der Waals surface area contributed by atoms with Crippen LogP contribution in [0.25, 0.3) is 10.9 Å².